The molecule has 0 saturated heterocycles. The first-order chi connectivity index (χ1) is 7.13. The number of hydrogen-bond donors (Lipinski definition) is 2. The third-order valence-electron chi connectivity index (χ3n) is 1.64. The van der Waals surface area contributed by atoms with Crippen molar-refractivity contribution in [2.45, 2.75) is 6.92 Å². The molecule has 0 aliphatic carbocycles. The van der Waals surface area contributed by atoms with Gasteiger partial charge < -0.3 is 20.3 Å². The highest BCUT2D eigenvalue weighted by atomic mass is 16.5. The number of hydrogen-bond acceptors (Lipinski definition) is 4. The molecule has 0 aliphatic rings. The molecule has 0 aliphatic heterocycles. The van der Waals surface area contributed by atoms with Crippen molar-refractivity contribution in [2.24, 2.45) is 0 Å². The average molecular weight is 211 g/mol. The lowest BCUT2D eigenvalue weighted by Crippen LogP contribution is -2.10. The smallest absolute Gasteiger partial charge is 0.341 e. The highest BCUT2D eigenvalue weighted by Crippen LogP contribution is 2.26. The van der Waals surface area contributed by atoms with Gasteiger partial charge in [0.1, 0.15) is 11.5 Å². The summed E-state index contributed by atoms with van der Waals surface area (Å²) >= 11 is 0. The van der Waals surface area contributed by atoms with Crippen LogP contribution >= 0.6 is 0 Å². The van der Waals surface area contributed by atoms with Crippen LogP contribution in [0.1, 0.15) is 6.92 Å². The highest BCUT2D eigenvalue weighted by molar-refractivity contribution is 5.69. The fourth-order valence-corrected chi connectivity index (χ4v) is 1.05. The normalized spacial score (nSPS) is 9.67. The molecule has 0 fully saturated rings. The lowest BCUT2D eigenvalue weighted by atomic mass is 10.3. The molecule has 82 valence electrons. The van der Waals surface area contributed by atoms with Gasteiger partial charge in [-0.15, -0.1) is 0 Å². The van der Waals surface area contributed by atoms with Crippen LogP contribution in [0.2, 0.25) is 0 Å². The van der Waals surface area contributed by atoms with Gasteiger partial charge >= 0.3 is 5.97 Å². The van der Waals surface area contributed by atoms with Gasteiger partial charge in [-0.3, -0.25) is 0 Å². The van der Waals surface area contributed by atoms with E-state index in [4.69, 9.17) is 20.3 Å². The molecule has 0 heterocycles. The maximum atomic E-state index is 10.3. The number of rotatable bonds is 5. The van der Waals surface area contributed by atoms with Crippen molar-refractivity contribution in [3.8, 4) is 11.5 Å². The predicted molar refractivity (Wildman–Crippen MR) is 55.2 cm³/mol. The van der Waals surface area contributed by atoms with Gasteiger partial charge in [0, 0.05) is 6.07 Å². The maximum absolute atomic E-state index is 10.3. The number of carbonyl (C=O) groups is 1. The summed E-state index contributed by atoms with van der Waals surface area (Å²) in [4.78, 5) is 10.3. The molecule has 5 heteroatoms. The van der Waals surface area contributed by atoms with Gasteiger partial charge in [-0.05, 0) is 19.1 Å². The second-order valence-electron chi connectivity index (χ2n) is 2.82. The van der Waals surface area contributed by atoms with E-state index < -0.39 is 12.6 Å². The van der Waals surface area contributed by atoms with Crippen LogP contribution in [0.25, 0.3) is 0 Å². The van der Waals surface area contributed by atoms with Crippen LogP contribution in [-0.4, -0.2) is 24.3 Å². The number of aliphatic carboxylic acids is 1. The number of ether oxygens (including phenoxy) is 2. The highest BCUT2D eigenvalue weighted by Gasteiger charge is 2.04. The van der Waals surface area contributed by atoms with E-state index in [1.54, 1.807) is 18.2 Å². The van der Waals surface area contributed by atoms with Gasteiger partial charge in [0.15, 0.2) is 6.61 Å². The Bertz CT molecular complexity index is 351. The molecule has 0 saturated carbocycles. The molecule has 0 spiro atoms. The van der Waals surface area contributed by atoms with Gasteiger partial charge in [-0.25, -0.2) is 4.79 Å². The summed E-state index contributed by atoms with van der Waals surface area (Å²) in [5.41, 5.74) is 6.00. The van der Waals surface area contributed by atoms with Gasteiger partial charge in [-0.1, -0.05) is 0 Å². The van der Waals surface area contributed by atoms with Crippen molar-refractivity contribution in [3.05, 3.63) is 18.2 Å². The SMILES string of the molecule is CCOc1ccc(OCC(=O)O)c(N)c1. The standard InChI is InChI=1S/C10H13NO4/c1-2-14-7-3-4-9(8(11)5-7)15-6-10(12)13/h3-5H,2,6,11H2,1H3,(H,12,13). The van der Waals surface area contributed by atoms with E-state index >= 15 is 0 Å². The zero-order valence-electron chi connectivity index (χ0n) is 8.40. The van der Waals surface area contributed by atoms with Gasteiger partial charge in [0.25, 0.3) is 0 Å². The van der Waals surface area contributed by atoms with Crippen LogP contribution in [0, 0.1) is 0 Å². The molecular weight excluding hydrogens is 198 g/mol. The summed E-state index contributed by atoms with van der Waals surface area (Å²) in [7, 11) is 0. The Morgan fingerprint density at radius 3 is 2.73 bits per heavy atom. The van der Waals surface area contributed by atoms with Crippen molar-refractivity contribution in [1.29, 1.82) is 0 Å². The molecule has 0 radical (unpaired) electrons. The van der Waals surface area contributed by atoms with Crippen molar-refractivity contribution >= 4 is 11.7 Å². The largest absolute Gasteiger partial charge is 0.494 e. The summed E-state index contributed by atoms with van der Waals surface area (Å²) in [5.74, 6) is -0.0539. The first-order valence-corrected chi connectivity index (χ1v) is 4.50. The molecule has 0 unspecified atom stereocenters. The van der Waals surface area contributed by atoms with Crippen LogP contribution in [0.3, 0.4) is 0 Å². The molecule has 0 bridgehead atoms. The predicted octanol–water partition coefficient (Wildman–Crippen LogP) is 1.13. The number of benzene rings is 1. The van der Waals surface area contributed by atoms with Crippen LogP contribution in [0.4, 0.5) is 5.69 Å². The topological polar surface area (TPSA) is 81.8 Å². The molecular formula is C10H13NO4. The van der Waals surface area contributed by atoms with Gasteiger partial charge in [0.05, 0.1) is 12.3 Å². The van der Waals surface area contributed by atoms with E-state index in [0.717, 1.165) is 0 Å². The fourth-order valence-electron chi connectivity index (χ4n) is 1.05. The minimum absolute atomic E-state index is 0.348. The van der Waals surface area contributed by atoms with Crippen molar-refractivity contribution in [2.75, 3.05) is 18.9 Å². The summed E-state index contributed by atoms with van der Waals surface area (Å²) < 4.78 is 10.2. The first-order valence-electron chi connectivity index (χ1n) is 4.50. The Morgan fingerprint density at radius 1 is 1.47 bits per heavy atom. The monoisotopic (exact) mass is 211 g/mol. The zero-order chi connectivity index (χ0) is 11.3. The van der Waals surface area contributed by atoms with Gasteiger partial charge in [-0.2, -0.15) is 0 Å². The Kier molecular flexibility index (Phi) is 3.79. The average Bonchev–Trinajstić information content (AvgIpc) is 2.17. The third kappa shape index (κ3) is 3.38. The number of nitrogen functional groups attached to an aromatic ring is 1. The number of carboxylic acid groups (broad SMARTS) is 1. The summed E-state index contributed by atoms with van der Waals surface area (Å²) in [6.07, 6.45) is 0. The molecule has 1 rings (SSSR count). The van der Waals surface area contributed by atoms with Crippen LogP contribution in [0.15, 0.2) is 18.2 Å². The minimum Gasteiger partial charge on any atom is -0.494 e. The van der Waals surface area contributed by atoms with E-state index in [0.29, 0.717) is 23.8 Å². The number of nitrogens with two attached hydrogens (primary N) is 1. The Hall–Kier alpha value is -1.91. The van der Waals surface area contributed by atoms with E-state index in [2.05, 4.69) is 0 Å². The zero-order valence-corrected chi connectivity index (χ0v) is 8.40. The van der Waals surface area contributed by atoms with Crippen molar-refractivity contribution in [1.82, 2.24) is 0 Å². The van der Waals surface area contributed by atoms with Crippen LogP contribution in [-0.2, 0) is 4.79 Å². The molecule has 0 aromatic heterocycles. The summed E-state index contributed by atoms with van der Waals surface area (Å²) in [5, 5.41) is 8.41. The molecule has 15 heavy (non-hydrogen) atoms. The first kappa shape index (κ1) is 11.2. The molecule has 0 atom stereocenters. The Morgan fingerprint density at radius 2 is 2.20 bits per heavy atom. The second kappa shape index (κ2) is 5.09. The number of anilines is 1. The third-order valence-corrected chi connectivity index (χ3v) is 1.64. The maximum Gasteiger partial charge on any atom is 0.341 e. The minimum atomic E-state index is -1.04. The fraction of sp³-hybridized carbons (Fsp3) is 0.300. The van der Waals surface area contributed by atoms with Crippen molar-refractivity contribution < 1.29 is 19.4 Å². The van der Waals surface area contributed by atoms with Crippen LogP contribution in [0.5, 0.6) is 11.5 Å². The Labute approximate surface area is 87.4 Å². The molecule has 3 N–H and O–H groups in total. The molecule has 1 aromatic carbocycles. The van der Waals surface area contributed by atoms with E-state index in [-0.39, 0.29) is 0 Å². The molecule has 5 nitrogen and oxygen atoms in total. The molecule has 0 amide bonds. The summed E-state index contributed by atoms with van der Waals surface area (Å²) in [6, 6.07) is 4.86. The molecule has 1 aromatic rings. The Balaban J connectivity index is 2.70. The second-order valence-corrected chi connectivity index (χ2v) is 2.82. The van der Waals surface area contributed by atoms with Crippen LogP contribution < -0.4 is 15.2 Å². The van der Waals surface area contributed by atoms with E-state index in [9.17, 15) is 4.79 Å². The summed E-state index contributed by atoms with van der Waals surface area (Å²) in [6.45, 7) is 2.01. The van der Waals surface area contributed by atoms with E-state index in [1.807, 2.05) is 6.92 Å². The van der Waals surface area contributed by atoms with E-state index in [1.165, 1.54) is 0 Å². The van der Waals surface area contributed by atoms with Crippen molar-refractivity contribution in [3.63, 3.8) is 0 Å². The lowest BCUT2D eigenvalue weighted by Gasteiger charge is -2.08. The number of carboxylic acids is 1. The lowest BCUT2D eigenvalue weighted by molar-refractivity contribution is -0.139. The quantitative estimate of drug-likeness (QED) is 0.713. The van der Waals surface area contributed by atoms with Gasteiger partial charge in [0.2, 0.25) is 0 Å².